The second-order valence-corrected chi connectivity index (χ2v) is 4.44. The van der Waals surface area contributed by atoms with E-state index in [4.69, 9.17) is 9.84 Å². The van der Waals surface area contributed by atoms with Crippen LogP contribution >= 0.6 is 0 Å². The third-order valence-electron chi connectivity index (χ3n) is 2.67. The Kier molecular flexibility index (Phi) is 3.50. The van der Waals surface area contributed by atoms with Crippen LogP contribution in [0.1, 0.15) is 28.8 Å². The highest BCUT2D eigenvalue weighted by atomic mass is 16.5. The Hall–Kier alpha value is -2.04. The number of carbonyl (C=O) groups excluding carboxylic acids is 1. The summed E-state index contributed by atoms with van der Waals surface area (Å²) in [5.41, 5.74) is 0.913. The number of ether oxygens (including phenoxy) is 1. The molecule has 5 heteroatoms. The van der Waals surface area contributed by atoms with Crippen molar-refractivity contribution in [1.82, 2.24) is 5.32 Å². The summed E-state index contributed by atoms with van der Waals surface area (Å²) in [4.78, 5) is 22.5. The van der Waals surface area contributed by atoms with Crippen LogP contribution in [0.25, 0.3) is 0 Å². The number of aryl methyl sites for hydroxylation is 1. The molecule has 1 aliphatic carbocycles. The highest BCUT2D eigenvalue weighted by Crippen LogP contribution is 2.21. The summed E-state index contributed by atoms with van der Waals surface area (Å²) in [6.07, 6.45) is 2.02. The average Bonchev–Trinajstić information content (AvgIpc) is 3.11. The zero-order valence-electron chi connectivity index (χ0n) is 10.1. The SMILES string of the molecule is Cc1ccc(OCC(=O)NC2CC2)c(C(=O)O)c1. The first-order valence-electron chi connectivity index (χ1n) is 5.82. The molecule has 1 fully saturated rings. The topological polar surface area (TPSA) is 75.6 Å². The van der Waals surface area contributed by atoms with Crippen LogP contribution in [0.2, 0.25) is 0 Å². The Balaban J connectivity index is 1.99. The van der Waals surface area contributed by atoms with Crippen molar-refractivity contribution in [2.24, 2.45) is 0 Å². The minimum absolute atomic E-state index is 0.0780. The number of rotatable bonds is 5. The van der Waals surface area contributed by atoms with Gasteiger partial charge in [-0.3, -0.25) is 4.79 Å². The van der Waals surface area contributed by atoms with Gasteiger partial charge in [0.15, 0.2) is 6.61 Å². The van der Waals surface area contributed by atoms with E-state index in [-0.39, 0.29) is 29.9 Å². The van der Waals surface area contributed by atoms with Gasteiger partial charge in [0.1, 0.15) is 11.3 Å². The molecule has 0 unspecified atom stereocenters. The first-order valence-corrected chi connectivity index (χ1v) is 5.82. The summed E-state index contributed by atoms with van der Waals surface area (Å²) in [6.45, 7) is 1.65. The van der Waals surface area contributed by atoms with Crippen molar-refractivity contribution in [3.05, 3.63) is 29.3 Å². The first-order chi connectivity index (χ1) is 8.56. The molecule has 1 aliphatic rings. The second-order valence-electron chi connectivity index (χ2n) is 4.44. The zero-order valence-corrected chi connectivity index (χ0v) is 10.1. The first kappa shape index (κ1) is 12.4. The van der Waals surface area contributed by atoms with Gasteiger partial charge in [0.05, 0.1) is 0 Å². The third kappa shape index (κ3) is 3.23. The van der Waals surface area contributed by atoms with E-state index in [1.807, 2.05) is 0 Å². The molecule has 18 heavy (non-hydrogen) atoms. The van der Waals surface area contributed by atoms with E-state index < -0.39 is 5.97 Å². The summed E-state index contributed by atoms with van der Waals surface area (Å²) < 4.78 is 5.25. The van der Waals surface area contributed by atoms with Crippen molar-refractivity contribution in [3.8, 4) is 5.75 Å². The number of hydrogen-bond acceptors (Lipinski definition) is 3. The highest BCUT2D eigenvalue weighted by Gasteiger charge is 2.23. The highest BCUT2D eigenvalue weighted by molar-refractivity contribution is 5.91. The molecule has 0 saturated heterocycles. The summed E-state index contributed by atoms with van der Waals surface area (Å²) in [7, 11) is 0. The Bertz CT molecular complexity index is 480. The lowest BCUT2D eigenvalue weighted by molar-refractivity contribution is -0.123. The van der Waals surface area contributed by atoms with Crippen LogP contribution in [-0.2, 0) is 4.79 Å². The molecule has 1 saturated carbocycles. The number of carboxylic acid groups (broad SMARTS) is 1. The summed E-state index contributed by atoms with van der Waals surface area (Å²) in [5.74, 6) is -1.05. The number of benzene rings is 1. The quantitative estimate of drug-likeness (QED) is 0.826. The standard InChI is InChI=1S/C13H15NO4/c1-8-2-5-11(10(6-8)13(16)17)18-7-12(15)14-9-3-4-9/h2,5-6,9H,3-4,7H2,1H3,(H,14,15)(H,16,17). The van der Waals surface area contributed by atoms with Crippen molar-refractivity contribution in [2.75, 3.05) is 6.61 Å². The normalized spacial score (nSPS) is 14.1. The number of hydrogen-bond donors (Lipinski definition) is 2. The number of carboxylic acids is 1. The fourth-order valence-electron chi connectivity index (χ4n) is 1.58. The molecule has 0 radical (unpaired) electrons. The van der Waals surface area contributed by atoms with E-state index in [9.17, 15) is 9.59 Å². The molecule has 0 aliphatic heterocycles. The number of carbonyl (C=O) groups is 2. The van der Waals surface area contributed by atoms with Crippen LogP contribution in [0.5, 0.6) is 5.75 Å². The number of aromatic carboxylic acids is 1. The fourth-order valence-corrected chi connectivity index (χ4v) is 1.58. The molecule has 0 heterocycles. The van der Waals surface area contributed by atoms with Gasteiger partial charge in [-0.2, -0.15) is 0 Å². The van der Waals surface area contributed by atoms with Crippen LogP contribution in [0.3, 0.4) is 0 Å². The van der Waals surface area contributed by atoms with Crippen molar-refractivity contribution >= 4 is 11.9 Å². The third-order valence-corrected chi connectivity index (χ3v) is 2.67. The molecule has 0 spiro atoms. The predicted octanol–water partition coefficient (Wildman–Crippen LogP) is 1.35. The number of amides is 1. The van der Waals surface area contributed by atoms with Crippen LogP contribution in [0, 0.1) is 6.92 Å². The molecule has 0 aromatic heterocycles. The molecule has 1 aromatic rings. The van der Waals surface area contributed by atoms with Gasteiger partial charge < -0.3 is 15.2 Å². The van der Waals surface area contributed by atoms with Crippen molar-refractivity contribution in [1.29, 1.82) is 0 Å². The molecule has 96 valence electrons. The molecule has 2 N–H and O–H groups in total. The minimum Gasteiger partial charge on any atom is -0.483 e. The molecular formula is C13H15NO4. The fraction of sp³-hybridized carbons (Fsp3) is 0.385. The van der Waals surface area contributed by atoms with Gasteiger partial charge in [-0.25, -0.2) is 4.79 Å². The lowest BCUT2D eigenvalue weighted by Gasteiger charge is -2.09. The summed E-state index contributed by atoms with van der Waals surface area (Å²) in [6, 6.07) is 5.12. The van der Waals surface area contributed by atoms with Gasteiger partial charge in [0.2, 0.25) is 0 Å². The van der Waals surface area contributed by atoms with Crippen molar-refractivity contribution in [3.63, 3.8) is 0 Å². The minimum atomic E-state index is -1.06. The maximum Gasteiger partial charge on any atom is 0.339 e. The lowest BCUT2D eigenvalue weighted by atomic mass is 10.1. The second kappa shape index (κ2) is 5.08. The summed E-state index contributed by atoms with van der Waals surface area (Å²) >= 11 is 0. The van der Waals surface area contributed by atoms with Crippen LogP contribution < -0.4 is 10.1 Å². The van der Waals surface area contributed by atoms with Gasteiger partial charge in [0, 0.05) is 6.04 Å². The lowest BCUT2D eigenvalue weighted by Crippen LogP contribution is -2.30. The van der Waals surface area contributed by atoms with Gasteiger partial charge in [-0.15, -0.1) is 0 Å². The van der Waals surface area contributed by atoms with E-state index >= 15 is 0 Å². The average molecular weight is 249 g/mol. The molecule has 1 amide bonds. The van der Waals surface area contributed by atoms with Crippen LogP contribution in [0.4, 0.5) is 0 Å². The maximum atomic E-state index is 11.4. The number of nitrogens with one attached hydrogen (secondary N) is 1. The Morgan fingerprint density at radius 1 is 1.44 bits per heavy atom. The molecule has 0 bridgehead atoms. The molecule has 2 rings (SSSR count). The van der Waals surface area contributed by atoms with Crippen molar-refractivity contribution in [2.45, 2.75) is 25.8 Å². The Morgan fingerprint density at radius 2 is 2.17 bits per heavy atom. The largest absolute Gasteiger partial charge is 0.483 e. The zero-order chi connectivity index (χ0) is 13.1. The molecule has 5 nitrogen and oxygen atoms in total. The van der Waals surface area contributed by atoms with Crippen LogP contribution in [0.15, 0.2) is 18.2 Å². The molecule has 0 atom stereocenters. The van der Waals surface area contributed by atoms with Gasteiger partial charge in [-0.1, -0.05) is 11.6 Å². The molecule has 1 aromatic carbocycles. The monoisotopic (exact) mass is 249 g/mol. The van der Waals surface area contributed by atoms with Gasteiger partial charge in [-0.05, 0) is 31.9 Å². The van der Waals surface area contributed by atoms with Gasteiger partial charge >= 0.3 is 5.97 Å². The van der Waals surface area contributed by atoms with E-state index in [2.05, 4.69) is 5.32 Å². The Morgan fingerprint density at radius 3 is 2.78 bits per heavy atom. The maximum absolute atomic E-state index is 11.4. The Labute approximate surface area is 105 Å². The summed E-state index contributed by atoms with van der Waals surface area (Å²) in [5, 5.41) is 11.8. The van der Waals surface area contributed by atoms with Crippen LogP contribution in [-0.4, -0.2) is 29.6 Å². The van der Waals surface area contributed by atoms with E-state index in [1.165, 1.54) is 6.07 Å². The van der Waals surface area contributed by atoms with E-state index in [0.29, 0.717) is 0 Å². The predicted molar refractivity (Wildman–Crippen MR) is 64.8 cm³/mol. The van der Waals surface area contributed by atoms with Crippen molar-refractivity contribution < 1.29 is 19.4 Å². The van der Waals surface area contributed by atoms with E-state index in [1.54, 1.807) is 19.1 Å². The van der Waals surface area contributed by atoms with E-state index in [0.717, 1.165) is 18.4 Å². The molecular weight excluding hydrogens is 234 g/mol. The smallest absolute Gasteiger partial charge is 0.339 e. The van der Waals surface area contributed by atoms with Gasteiger partial charge in [0.25, 0.3) is 5.91 Å².